The van der Waals surface area contributed by atoms with E-state index in [1.807, 2.05) is 0 Å². The van der Waals surface area contributed by atoms with E-state index in [1.165, 1.54) is 13.3 Å². The number of carbonyl (C=O) groups is 1. The fourth-order valence-corrected chi connectivity index (χ4v) is 3.37. The molecular weight excluding hydrogens is 429 g/mol. The largest absolute Gasteiger partial charge is 0.465 e. The Kier molecular flexibility index (Phi) is 5.43. The molecule has 3 aromatic rings. The van der Waals surface area contributed by atoms with Crippen LogP contribution in [0.3, 0.4) is 0 Å². The molecule has 0 unspecified atom stereocenters. The number of rotatable bonds is 4. The molecule has 1 aromatic heterocycles. The molecule has 2 heterocycles. The average molecular weight is 444 g/mol. The second-order valence-corrected chi connectivity index (χ2v) is 7.02. The molecule has 0 amide bonds. The van der Waals surface area contributed by atoms with Crippen LogP contribution in [0.15, 0.2) is 53.8 Å². The molecule has 0 saturated carbocycles. The van der Waals surface area contributed by atoms with Gasteiger partial charge in [0.1, 0.15) is 0 Å². The minimum absolute atomic E-state index is 0.246. The summed E-state index contributed by atoms with van der Waals surface area (Å²) >= 11 is 12.5. The van der Waals surface area contributed by atoms with Gasteiger partial charge in [-0.3, -0.25) is 0 Å². The Morgan fingerprint density at radius 2 is 1.90 bits per heavy atom. The standard InChI is InChI=1S/C20H15Cl2N5O3/c1-27-17-15(30-18(26-27)16-13(21)7-4-8-14(16)22)10-23-20(25-17)24-12-6-3-5-11(9-12)19(28)29-2/h3-10H,1-2H3,(H,23,24,25). The number of aromatic nitrogens is 2. The zero-order chi connectivity index (χ0) is 21.3. The van der Waals surface area contributed by atoms with E-state index in [0.29, 0.717) is 44.4 Å². The number of ether oxygens (including phenoxy) is 2. The molecule has 0 fully saturated rings. The van der Waals surface area contributed by atoms with Gasteiger partial charge in [0.2, 0.25) is 11.8 Å². The molecule has 0 aliphatic carbocycles. The summed E-state index contributed by atoms with van der Waals surface area (Å²) in [6, 6.07) is 12.0. The monoisotopic (exact) mass is 443 g/mol. The number of nitrogens with one attached hydrogen (secondary N) is 1. The van der Waals surface area contributed by atoms with E-state index in [4.69, 9.17) is 32.7 Å². The number of esters is 1. The van der Waals surface area contributed by atoms with Crippen LogP contribution in [-0.2, 0) is 4.74 Å². The Balaban J connectivity index is 1.61. The Morgan fingerprint density at radius 3 is 2.63 bits per heavy atom. The zero-order valence-electron chi connectivity index (χ0n) is 15.9. The van der Waals surface area contributed by atoms with Crippen LogP contribution in [0.4, 0.5) is 17.5 Å². The molecule has 8 nitrogen and oxygen atoms in total. The van der Waals surface area contributed by atoms with Gasteiger partial charge in [-0.25, -0.2) is 14.8 Å². The van der Waals surface area contributed by atoms with Gasteiger partial charge in [0.05, 0.1) is 34.5 Å². The summed E-state index contributed by atoms with van der Waals surface area (Å²) in [7, 11) is 3.05. The molecule has 4 rings (SSSR count). The molecule has 30 heavy (non-hydrogen) atoms. The Labute approximate surface area is 182 Å². The highest BCUT2D eigenvalue weighted by molar-refractivity contribution is 6.39. The van der Waals surface area contributed by atoms with Gasteiger partial charge in [-0.1, -0.05) is 35.3 Å². The predicted molar refractivity (Wildman–Crippen MR) is 115 cm³/mol. The molecule has 0 bridgehead atoms. The predicted octanol–water partition coefficient (Wildman–Crippen LogP) is 4.50. The third kappa shape index (κ3) is 3.87. The number of benzene rings is 2. The summed E-state index contributed by atoms with van der Waals surface area (Å²) in [6.45, 7) is 0. The molecule has 0 saturated heterocycles. The lowest BCUT2D eigenvalue weighted by Gasteiger charge is -2.24. The lowest BCUT2D eigenvalue weighted by atomic mass is 10.2. The van der Waals surface area contributed by atoms with E-state index in [2.05, 4.69) is 20.4 Å². The fourth-order valence-electron chi connectivity index (χ4n) is 2.81. The third-order valence-corrected chi connectivity index (χ3v) is 4.84. The van der Waals surface area contributed by atoms with Gasteiger partial charge in [0.15, 0.2) is 11.6 Å². The third-order valence-electron chi connectivity index (χ3n) is 4.21. The SMILES string of the molecule is COC(=O)c1cccc(Nc2ncc3c(n2)N(C)N=C(c2c(Cl)cccc2Cl)O3)c1. The average Bonchev–Trinajstić information content (AvgIpc) is 2.74. The number of fused-ring (bicyclic) bond motifs is 1. The van der Waals surface area contributed by atoms with E-state index in [-0.39, 0.29) is 5.90 Å². The van der Waals surface area contributed by atoms with Crippen LogP contribution in [0.25, 0.3) is 0 Å². The van der Waals surface area contributed by atoms with E-state index in [0.717, 1.165) is 0 Å². The number of hydrazone groups is 1. The lowest BCUT2D eigenvalue weighted by molar-refractivity contribution is 0.0601. The highest BCUT2D eigenvalue weighted by atomic mass is 35.5. The number of carbonyl (C=O) groups excluding carboxylic acids is 1. The van der Waals surface area contributed by atoms with Gasteiger partial charge in [-0.2, -0.15) is 4.98 Å². The number of methoxy groups -OCH3 is 1. The zero-order valence-corrected chi connectivity index (χ0v) is 17.4. The normalized spacial score (nSPS) is 12.5. The number of halogens is 2. The van der Waals surface area contributed by atoms with Crippen molar-refractivity contribution in [1.29, 1.82) is 0 Å². The smallest absolute Gasteiger partial charge is 0.337 e. The minimum Gasteiger partial charge on any atom is -0.465 e. The highest BCUT2D eigenvalue weighted by Crippen LogP contribution is 2.34. The van der Waals surface area contributed by atoms with Crippen molar-refractivity contribution in [2.75, 3.05) is 24.5 Å². The van der Waals surface area contributed by atoms with Crippen molar-refractivity contribution in [1.82, 2.24) is 9.97 Å². The van der Waals surface area contributed by atoms with Gasteiger partial charge >= 0.3 is 5.97 Å². The van der Waals surface area contributed by atoms with E-state index in [9.17, 15) is 4.79 Å². The van der Waals surface area contributed by atoms with Crippen molar-refractivity contribution in [3.63, 3.8) is 0 Å². The molecule has 1 aliphatic heterocycles. The summed E-state index contributed by atoms with van der Waals surface area (Å²) in [5.41, 5.74) is 1.52. The van der Waals surface area contributed by atoms with E-state index >= 15 is 0 Å². The van der Waals surface area contributed by atoms with Gasteiger partial charge in [0, 0.05) is 12.7 Å². The summed E-state index contributed by atoms with van der Waals surface area (Å²) < 4.78 is 10.6. The summed E-state index contributed by atoms with van der Waals surface area (Å²) in [5, 5.41) is 9.83. The van der Waals surface area contributed by atoms with Crippen molar-refractivity contribution < 1.29 is 14.3 Å². The molecule has 10 heteroatoms. The van der Waals surface area contributed by atoms with Crippen LogP contribution >= 0.6 is 23.2 Å². The van der Waals surface area contributed by atoms with E-state index < -0.39 is 5.97 Å². The van der Waals surface area contributed by atoms with Crippen LogP contribution in [0.2, 0.25) is 10.0 Å². The number of nitrogens with zero attached hydrogens (tertiary/aromatic N) is 4. The Hall–Kier alpha value is -3.36. The summed E-state index contributed by atoms with van der Waals surface area (Å²) in [6.07, 6.45) is 1.52. The van der Waals surface area contributed by atoms with Crippen molar-refractivity contribution >= 4 is 52.5 Å². The van der Waals surface area contributed by atoms with Crippen LogP contribution in [0, 0.1) is 0 Å². The molecule has 2 aromatic carbocycles. The molecule has 1 N–H and O–H groups in total. The molecule has 0 radical (unpaired) electrons. The first-order chi connectivity index (χ1) is 14.5. The fraction of sp³-hybridized carbons (Fsp3) is 0.100. The van der Waals surface area contributed by atoms with E-state index in [1.54, 1.807) is 54.5 Å². The van der Waals surface area contributed by atoms with Crippen molar-refractivity contribution in [3.05, 3.63) is 69.8 Å². The first-order valence-electron chi connectivity index (χ1n) is 8.73. The second kappa shape index (κ2) is 8.17. The highest BCUT2D eigenvalue weighted by Gasteiger charge is 2.25. The Bertz CT molecular complexity index is 1150. The van der Waals surface area contributed by atoms with Crippen LogP contribution in [0.5, 0.6) is 5.75 Å². The molecule has 1 aliphatic rings. The maximum absolute atomic E-state index is 11.7. The minimum atomic E-state index is -0.432. The Morgan fingerprint density at radius 1 is 1.17 bits per heavy atom. The number of hydrogen-bond acceptors (Lipinski definition) is 8. The van der Waals surface area contributed by atoms with Crippen molar-refractivity contribution in [3.8, 4) is 5.75 Å². The van der Waals surface area contributed by atoms with Crippen LogP contribution in [-0.4, -0.2) is 36.0 Å². The maximum atomic E-state index is 11.7. The van der Waals surface area contributed by atoms with Crippen molar-refractivity contribution in [2.24, 2.45) is 5.10 Å². The topological polar surface area (TPSA) is 88.9 Å². The first-order valence-corrected chi connectivity index (χ1v) is 9.49. The van der Waals surface area contributed by atoms with Gasteiger partial charge in [-0.15, -0.1) is 5.10 Å². The van der Waals surface area contributed by atoms with Gasteiger partial charge in [-0.05, 0) is 30.3 Å². The quantitative estimate of drug-likeness (QED) is 0.593. The maximum Gasteiger partial charge on any atom is 0.337 e. The first kappa shape index (κ1) is 19.9. The molecule has 152 valence electrons. The molecule has 0 atom stereocenters. The van der Waals surface area contributed by atoms with Gasteiger partial charge in [0.25, 0.3) is 0 Å². The summed E-state index contributed by atoms with van der Waals surface area (Å²) in [4.78, 5) is 20.4. The molecule has 0 spiro atoms. The van der Waals surface area contributed by atoms with Crippen LogP contribution in [0.1, 0.15) is 15.9 Å². The van der Waals surface area contributed by atoms with Crippen LogP contribution < -0.4 is 15.1 Å². The van der Waals surface area contributed by atoms with Crippen molar-refractivity contribution in [2.45, 2.75) is 0 Å². The summed E-state index contributed by atoms with van der Waals surface area (Å²) in [5.74, 6) is 0.963. The molecular formula is C20H15Cl2N5O3. The lowest BCUT2D eigenvalue weighted by Crippen LogP contribution is -2.26. The van der Waals surface area contributed by atoms with Gasteiger partial charge < -0.3 is 14.8 Å². The number of hydrogen-bond donors (Lipinski definition) is 1. The second-order valence-electron chi connectivity index (χ2n) is 6.21. The number of anilines is 3.